The molecule has 434 valence electrons. The molecule has 0 unspecified atom stereocenters. The zero-order valence-electron chi connectivity index (χ0n) is 45.1. The maximum absolute atomic E-state index is 12.6. The van der Waals surface area contributed by atoms with Crippen LogP contribution in [0.15, 0.2) is 42.6 Å². The number of halogens is 2. The van der Waals surface area contributed by atoms with Gasteiger partial charge in [-0.3, -0.25) is 14.5 Å². The Morgan fingerprint density at radius 3 is 1.53 bits per heavy atom. The standard InChI is InChI=1S/C54H88Cl2N4O16/c1-2-3-4-53(61)58-14-18-64-20-22-66-24-26-68-28-30-70-32-34-72-36-38-74-40-39-73-37-35-71-33-31-69-29-27-67-25-23-65-21-19-63-17-12-54(62)76-45-51-43-60(50(44-75-51)41-46-5-7-47(55)8-6-46)49-10-15-59(16-11-49)52-42-48(56)9-13-57-52/h5-9,13,42,49-51H,2-4,10-12,14-41,43-45H2,1H3,(H,58,61)/t50-,51+/m0/s1. The van der Waals surface area contributed by atoms with Gasteiger partial charge in [0.25, 0.3) is 0 Å². The van der Waals surface area contributed by atoms with E-state index in [1.165, 1.54) is 5.56 Å². The Hall–Kier alpha value is -2.87. The molecule has 0 bridgehead atoms. The lowest BCUT2D eigenvalue weighted by Crippen LogP contribution is -2.58. The largest absolute Gasteiger partial charge is 0.463 e. The summed E-state index contributed by atoms with van der Waals surface area (Å²) in [6, 6.07) is 12.3. The molecule has 2 aliphatic heterocycles. The van der Waals surface area contributed by atoms with Gasteiger partial charge in [-0.25, -0.2) is 4.98 Å². The summed E-state index contributed by atoms with van der Waals surface area (Å²) < 4.78 is 78.2. The first kappa shape index (κ1) is 65.6. The van der Waals surface area contributed by atoms with Crippen molar-refractivity contribution in [3.05, 3.63) is 58.2 Å². The summed E-state index contributed by atoms with van der Waals surface area (Å²) in [6.45, 7) is 16.7. The Morgan fingerprint density at radius 1 is 0.605 bits per heavy atom. The molecule has 2 saturated heterocycles. The van der Waals surface area contributed by atoms with Crippen LogP contribution in [-0.4, -0.2) is 238 Å². The monoisotopic (exact) mass is 1120 g/mol. The molecule has 2 aliphatic rings. The number of rotatable bonds is 48. The second-order valence-corrected chi connectivity index (χ2v) is 18.8. The molecule has 0 spiro atoms. The highest BCUT2D eigenvalue weighted by atomic mass is 35.5. The third-order valence-electron chi connectivity index (χ3n) is 12.1. The molecule has 2 atom stereocenters. The summed E-state index contributed by atoms with van der Waals surface area (Å²) in [5.41, 5.74) is 1.21. The minimum atomic E-state index is -0.315. The smallest absolute Gasteiger partial charge is 0.308 e. The normalized spacial score (nSPS) is 16.4. The van der Waals surface area contributed by atoms with Crippen LogP contribution in [0.5, 0.6) is 0 Å². The fourth-order valence-corrected chi connectivity index (χ4v) is 8.29. The van der Waals surface area contributed by atoms with E-state index in [2.05, 4.69) is 39.2 Å². The number of unbranched alkanes of at least 4 members (excludes halogenated alkanes) is 1. The number of pyridine rings is 1. The molecule has 0 aliphatic carbocycles. The molecule has 20 nitrogen and oxygen atoms in total. The molecule has 2 fully saturated rings. The Balaban J connectivity index is 0.830. The number of anilines is 1. The molecule has 0 saturated carbocycles. The van der Waals surface area contributed by atoms with Crippen molar-refractivity contribution in [2.45, 2.75) is 70.1 Å². The Kier molecular flexibility index (Phi) is 38.8. The van der Waals surface area contributed by atoms with E-state index in [1.54, 1.807) is 12.3 Å². The molecular weight excluding hydrogens is 1030 g/mol. The number of esters is 1. The molecule has 3 heterocycles. The van der Waals surface area contributed by atoms with Gasteiger partial charge < -0.3 is 76.5 Å². The number of aromatic nitrogens is 1. The molecular formula is C54H88Cl2N4O16. The van der Waals surface area contributed by atoms with E-state index in [4.69, 9.17) is 89.5 Å². The average Bonchev–Trinajstić information content (AvgIpc) is 3.43. The van der Waals surface area contributed by atoms with Gasteiger partial charge in [-0.1, -0.05) is 48.7 Å². The summed E-state index contributed by atoms with van der Waals surface area (Å²) in [7, 11) is 0. The fourth-order valence-electron chi connectivity index (χ4n) is 8.01. The first-order valence-electron chi connectivity index (χ1n) is 27.2. The molecule has 1 amide bonds. The lowest BCUT2D eigenvalue weighted by molar-refractivity contribution is -0.155. The number of hydrogen-bond donors (Lipinski definition) is 1. The minimum absolute atomic E-state index is 0.0727. The van der Waals surface area contributed by atoms with E-state index >= 15 is 0 Å². The Labute approximate surface area is 461 Å². The molecule has 22 heteroatoms. The quantitative estimate of drug-likeness (QED) is 0.0678. The second-order valence-electron chi connectivity index (χ2n) is 17.9. The van der Waals surface area contributed by atoms with Gasteiger partial charge >= 0.3 is 5.97 Å². The van der Waals surface area contributed by atoms with Gasteiger partial charge in [0.05, 0.1) is 172 Å². The predicted molar refractivity (Wildman–Crippen MR) is 288 cm³/mol. The van der Waals surface area contributed by atoms with Crippen LogP contribution in [0.1, 0.15) is 51.0 Å². The molecule has 4 rings (SSSR count). The molecule has 0 radical (unpaired) electrons. The minimum Gasteiger partial charge on any atom is -0.463 e. The Morgan fingerprint density at radius 2 is 1.07 bits per heavy atom. The van der Waals surface area contributed by atoms with Crippen LogP contribution < -0.4 is 10.2 Å². The zero-order valence-corrected chi connectivity index (χ0v) is 46.6. The molecule has 2 aromatic rings. The number of carbonyl (C=O) groups is 2. The van der Waals surface area contributed by atoms with E-state index in [9.17, 15) is 9.59 Å². The van der Waals surface area contributed by atoms with Crippen LogP contribution in [-0.2, 0) is 82.3 Å². The van der Waals surface area contributed by atoms with Crippen LogP contribution >= 0.6 is 23.2 Å². The van der Waals surface area contributed by atoms with Crippen molar-refractivity contribution in [2.75, 3.05) is 203 Å². The molecule has 1 aromatic heterocycles. The van der Waals surface area contributed by atoms with E-state index in [-0.39, 0.29) is 43.7 Å². The highest BCUT2D eigenvalue weighted by Crippen LogP contribution is 2.28. The molecule has 76 heavy (non-hydrogen) atoms. The van der Waals surface area contributed by atoms with Gasteiger partial charge in [-0.2, -0.15) is 0 Å². The van der Waals surface area contributed by atoms with Gasteiger partial charge in [0, 0.05) is 60.9 Å². The summed E-state index contributed by atoms with van der Waals surface area (Å²) in [5.74, 6) is 0.663. The zero-order chi connectivity index (χ0) is 53.8. The number of ether oxygens (including phenoxy) is 14. The summed E-state index contributed by atoms with van der Waals surface area (Å²) in [4.78, 5) is 33.5. The molecule has 1 aromatic carbocycles. The van der Waals surface area contributed by atoms with Crippen molar-refractivity contribution < 1.29 is 75.9 Å². The number of nitrogens with one attached hydrogen (secondary N) is 1. The third-order valence-corrected chi connectivity index (χ3v) is 12.5. The summed E-state index contributed by atoms with van der Waals surface area (Å²) >= 11 is 12.4. The van der Waals surface area contributed by atoms with Crippen LogP contribution in [0, 0.1) is 0 Å². The number of morpholine rings is 1. The summed E-state index contributed by atoms with van der Waals surface area (Å²) in [5, 5.41) is 4.24. The lowest BCUT2D eigenvalue weighted by atomic mass is 9.96. The number of benzene rings is 1. The SMILES string of the molecule is CCCCC(=O)NCCOCCOCCOCCOCCOCCOCCOCCOCCOCCOCCOCCOCCC(=O)OC[C@H]1CN(C2CCN(c3cc(Cl)ccn3)CC2)[C@@H](Cc2ccc(Cl)cc2)CO1. The highest BCUT2D eigenvalue weighted by Gasteiger charge is 2.36. The first-order chi connectivity index (χ1) is 37.4. The number of nitrogens with zero attached hydrogens (tertiary/aromatic N) is 3. The van der Waals surface area contributed by atoms with Crippen LogP contribution in [0.2, 0.25) is 10.0 Å². The lowest BCUT2D eigenvalue weighted by Gasteiger charge is -2.46. The van der Waals surface area contributed by atoms with Gasteiger partial charge in [0.2, 0.25) is 5.91 Å². The second kappa shape index (κ2) is 44.9. The number of amides is 1. The van der Waals surface area contributed by atoms with Gasteiger partial charge in [0.1, 0.15) is 18.5 Å². The van der Waals surface area contributed by atoms with Gasteiger partial charge in [0.15, 0.2) is 0 Å². The highest BCUT2D eigenvalue weighted by molar-refractivity contribution is 6.31. The van der Waals surface area contributed by atoms with Crippen molar-refractivity contribution in [2.24, 2.45) is 0 Å². The van der Waals surface area contributed by atoms with E-state index in [1.807, 2.05) is 18.2 Å². The fraction of sp³-hybridized carbons (Fsp3) is 0.759. The first-order valence-corrected chi connectivity index (χ1v) is 28.0. The van der Waals surface area contributed by atoms with Crippen LogP contribution in [0.25, 0.3) is 0 Å². The van der Waals surface area contributed by atoms with Crippen LogP contribution in [0.4, 0.5) is 5.82 Å². The van der Waals surface area contributed by atoms with Crippen molar-refractivity contribution >= 4 is 40.9 Å². The predicted octanol–water partition coefficient (Wildman–Crippen LogP) is 5.11. The molecule has 1 N–H and O–H groups in total. The van der Waals surface area contributed by atoms with Crippen molar-refractivity contribution in [3.8, 4) is 0 Å². The number of hydrogen-bond acceptors (Lipinski definition) is 19. The number of carbonyl (C=O) groups excluding carboxylic acids is 2. The van der Waals surface area contributed by atoms with Crippen molar-refractivity contribution in [1.29, 1.82) is 0 Å². The van der Waals surface area contributed by atoms with E-state index < -0.39 is 0 Å². The van der Waals surface area contributed by atoms with Crippen molar-refractivity contribution in [1.82, 2.24) is 15.2 Å². The maximum atomic E-state index is 12.6. The van der Waals surface area contributed by atoms with Crippen LogP contribution in [0.3, 0.4) is 0 Å². The van der Waals surface area contributed by atoms with E-state index in [0.717, 1.165) is 56.0 Å². The topological polar surface area (TPSA) is 195 Å². The Bertz CT molecular complexity index is 1720. The maximum Gasteiger partial charge on any atom is 0.308 e. The van der Waals surface area contributed by atoms with Gasteiger partial charge in [-0.15, -0.1) is 0 Å². The average molecular weight is 1120 g/mol. The summed E-state index contributed by atoms with van der Waals surface area (Å²) in [6.07, 6.45) is 6.98. The number of piperidine rings is 1. The van der Waals surface area contributed by atoms with Gasteiger partial charge in [-0.05, 0) is 55.5 Å². The van der Waals surface area contributed by atoms with E-state index in [0.29, 0.717) is 189 Å². The van der Waals surface area contributed by atoms with Crippen molar-refractivity contribution in [3.63, 3.8) is 0 Å². The third kappa shape index (κ3) is 32.9.